The van der Waals surface area contributed by atoms with E-state index in [9.17, 15) is 5.11 Å². The number of fused-ring (bicyclic) bond motifs is 1. The first-order chi connectivity index (χ1) is 10.6. The Balaban J connectivity index is 2.05. The zero-order valence-electron chi connectivity index (χ0n) is 13.2. The molecule has 3 aromatic rings. The van der Waals surface area contributed by atoms with E-state index in [0.717, 1.165) is 33.6 Å². The van der Waals surface area contributed by atoms with Gasteiger partial charge in [-0.05, 0) is 55.3 Å². The molecule has 0 fully saturated rings. The van der Waals surface area contributed by atoms with Crippen molar-refractivity contribution in [2.45, 2.75) is 20.0 Å². The van der Waals surface area contributed by atoms with Gasteiger partial charge in [0.15, 0.2) is 0 Å². The highest BCUT2D eigenvalue weighted by Crippen LogP contribution is 2.25. The van der Waals surface area contributed by atoms with Crippen molar-refractivity contribution in [3.05, 3.63) is 59.5 Å². The van der Waals surface area contributed by atoms with E-state index in [1.54, 1.807) is 0 Å². The maximum Gasteiger partial charge on any atom is 0.139 e. The predicted octanol–water partition coefficient (Wildman–Crippen LogP) is 2.87. The molecule has 1 atom stereocenters. The first kappa shape index (κ1) is 14.8. The normalized spacial score (nSPS) is 12.7. The zero-order valence-corrected chi connectivity index (χ0v) is 13.2. The van der Waals surface area contributed by atoms with E-state index in [-0.39, 0.29) is 0 Å². The van der Waals surface area contributed by atoms with Gasteiger partial charge < -0.3 is 14.8 Å². The Morgan fingerprint density at radius 1 is 1.18 bits per heavy atom. The van der Waals surface area contributed by atoms with Crippen molar-refractivity contribution < 1.29 is 5.11 Å². The number of nitrogens with one attached hydrogen (secondary N) is 1. The van der Waals surface area contributed by atoms with Crippen LogP contribution in [0.15, 0.2) is 42.7 Å². The fourth-order valence-corrected chi connectivity index (χ4v) is 2.79. The van der Waals surface area contributed by atoms with Gasteiger partial charge in [-0.1, -0.05) is 18.2 Å². The molecule has 4 heteroatoms. The van der Waals surface area contributed by atoms with Crippen molar-refractivity contribution in [3.8, 4) is 11.1 Å². The van der Waals surface area contributed by atoms with Gasteiger partial charge in [0.05, 0.1) is 11.8 Å². The van der Waals surface area contributed by atoms with E-state index in [1.807, 2.05) is 38.4 Å². The lowest BCUT2D eigenvalue weighted by molar-refractivity contribution is 0.178. The van der Waals surface area contributed by atoms with Crippen molar-refractivity contribution in [1.29, 1.82) is 0 Å². The molecule has 0 radical (unpaired) electrons. The Morgan fingerprint density at radius 2 is 2.00 bits per heavy atom. The molecule has 3 rings (SSSR count). The van der Waals surface area contributed by atoms with Gasteiger partial charge in [0, 0.05) is 18.9 Å². The summed E-state index contributed by atoms with van der Waals surface area (Å²) in [6.45, 7) is 4.62. The van der Waals surface area contributed by atoms with Gasteiger partial charge in [-0.3, -0.25) is 0 Å². The Bertz CT molecular complexity index is 807. The molecular formula is C18H21N3O. The van der Waals surface area contributed by atoms with Gasteiger partial charge in [-0.15, -0.1) is 0 Å². The lowest BCUT2D eigenvalue weighted by Gasteiger charge is -2.12. The molecule has 0 saturated carbocycles. The van der Waals surface area contributed by atoms with Crippen LogP contribution in [0, 0.1) is 13.8 Å². The molecule has 0 aliphatic rings. The van der Waals surface area contributed by atoms with E-state index < -0.39 is 6.10 Å². The van der Waals surface area contributed by atoms with Gasteiger partial charge in [0.2, 0.25) is 0 Å². The SMILES string of the molecule is CNCC(O)c1cccc(-c2cc(C)c3nc(C)cn3c2)c1. The Hall–Kier alpha value is -2.17. The number of aryl methyl sites for hydroxylation is 2. The number of rotatable bonds is 4. The number of aliphatic hydroxyl groups is 1. The number of likely N-dealkylation sites (N-methyl/N-ethyl adjacent to an activating group) is 1. The van der Waals surface area contributed by atoms with Crippen LogP contribution in [0.1, 0.15) is 22.9 Å². The highest BCUT2D eigenvalue weighted by molar-refractivity contribution is 5.67. The number of imidazole rings is 1. The average Bonchev–Trinajstić information content (AvgIpc) is 2.88. The number of pyridine rings is 1. The number of aromatic nitrogens is 2. The van der Waals surface area contributed by atoms with Gasteiger partial charge >= 0.3 is 0 Å². The zero-order chi connectivity index (χ0) is 15.7. The minimum Gasteiger partial charge on any atom is -0.387 e. The summed E-state index contributed by atoms with van der Waals surface area (Å²) in [5.41, 5.74) is 6.30. The third-order valence-electron chi connectivity index (χ3n) is 3.86. The molecule has 2 N–H and O–H groups in total. The molecule has 0 amide bonds. The molecular weight excluding hydrogens is 274 g/mol. The summed E-state index contributed by atoms with van der Waals surface area (Å²) in [5.74, 6) is 0. The van der Waals surface area contributed by atoms with Crippen molar-refractivity contribution in [1.82, 2.24) is 14.7 Å². The summed E-state index contributed by atoms with van der Waals surface area (Å²) in [5, 5.41) is 13.1. The fraction of sp³-hybridized carbons (Fsp3) is 0.278. The van der Waals surface area contributed by atoms with Crippen LogP contribution >= 0.6 is 0 Å². The molecule has 0 spiro atoms. The number of aliphatic hydroxyl groups excluding tert-OH is 1. The lowest BCUT2D eigenvalue weighted by atomic mass is 10.0. The van der Waals surface area contributed by atoms with E-state index >= 15 is 0 Å². The molecule has 114 valence electrons. The number of benzene rings is 1. The summed E-state index contributed by atoms with van der Waals surface area (Å²) in [7, 11) is 1.84. The van der Waals surface area contributed by atoms with Crippen LogP contribution in [-0.2, 0) is 0 Å². The lowest BCUT2D eigenvalue weighted by Crippen LogP contribution is -2.16. The predicted molar refractivity (Wildman–Crippen MR) is 89.0 cm³/mol. The van der Waals surface area contributed by atoms with Crippen LogP contribution in [0.2, 0.25) is 0 Å². The van der Waals surface area contributed by atoms with Crippen molar-refractivity contribution in [2.75, 3.05) is 13.6 Å². The van der Waals surface area contributed by atoms with Crippen LogP contribution in [0.3, 0.4) is 0 Å². The van der Waals surface area contributed by atoms with Crippen LogP contribution < -0.4 is 5.32 Å². The first-order valence-corrected chi connectivity index (χ1v) is 7.47. The number of nitrogens with zero attached hydrogens (tertiary/aromatic N) is 2. The largest absolute Gasteiger partial charge is 0.387 e. The number of hydrogen-bond donors (Lipinski definition) is 2. The molecule has 0 saturated heterocycles. The van der Waals surface area contributed by atoms with Gasteiger partial charge in [0.25, 0.3) is 0 Å². The Morgan fingerprint density at radius 3 is 2.77 bits per heavy atom. The molecule has 0 aliphatic carbocycles. The number of hydrogen-bond acceptors (Lipinski definition) is 3. The second-order valence-electron chi connectivity index (χ2n) is 5.72. The molecule has 0 aliphatic heterocycles. The van der Waals surface area contributed by atoms with Crippen LogP contribution in [0.4, 0.5) is 0 Å². The summed E-state index contributed by atoms with van der Waals surface area (Å²) in [6.07, 6.45) is 3.63. The highest BCUT2D eigenvalue weighted by atomic mass is 16.3. The smallest absolute Gasteiger partial charge is 0.139 e. The van der Waals surface area contributed by atoms with Crippen molar-refractivity contribution in [3.63, 3.8) is 0 Å². The third kappa shape index (κ3) is 2.75. The van der Waals surface area contributed by atoms with Crippen molar-refractivity contribution >= 4 is 5.65 Å². The highest BCUT2D eigenvalue weighted by Gasteiger charge is 2.09. The van der Waals surface area contributed by atoms with E-state index in [2.05, 4.69) is 40.0 Å². The molecule has 22 heavy (non-hydrogen) atoms. The van der Waals surface area contributed by atoms with Crippen LogP contribution in [-0.4, -0.2) is 28.1 Å². The molecule has 1 unspecified atom stereocenters. The summed E-state index contributed by atoms with van der Waals surface area (Å²) >= 11 is 0. The molecule has 2 heterocycles. The average molecular weight is 295 g/mol. The molecule has 0 bridgehead atoms. The van der Waals surface area contributed by atoms with Crippen molar-refractivity contribution in [2.24, 2.45) is 0 Å². The van der Waals surface area contributed by atoms with Crippen LogP contribution in [0.5, 0.6) is 0 Å². The van der Waals surface area contributed by atoms with Crippen LogP contribution in [0.25, 0.3) is 16.8 Å². The molecule has 1 aromatic carbocycles. The first-order valence-electron chi connectivity index (χ1n) is 7.47. The maximum absolute atomic E-state index is 10.1. The second-order valence-corrected chi connectivity index (χ2v) is 5.72. The van der Waals surface area contributed by atoms with Gasteiger partial charge in [0.1, 0.15) is 5.65 Å². The minimum absolute atomic E-state index is 0.495. The monoisotopic (exact) mass is 295 g/mol. The Labute approximate surface area is 130 Å². The topological polar surface area (TPSA) is 49.6 Å². The Kier molecular flexibility index (Phi) is 3.96. The minimum atomic E-state index is -0.495. The summed E-state index contributed by atoms with van der Waals surface area (Å²) in [6, 6.07) is 10.2. The standard InChI is InChI=1S/C18H21N3O/c1-12-7-16(11-21-10-13(2)20-18(12)21)14-5-4-6-15(8-14)17(22)9-19-3/h4-8,10-11,17,19,22H,9H2,1-3H3. The van der Waals surface area contributed by atoms with E-state index in [1.165, 1.54) is 0 Å². The summed E-state index contributed by atoms with van der Waals surface area (Å²) in [4.78, 5) is 4.53. The van der Waals surface area contributed by atoms with Gasteiger partial charge in [-0.2, -0.15) is 0 Å². The third-order valence-corrected chi connectivity index (χ3v) is 3.86. The quantitative estimate of drug-likeness (QED) is 0.778. The van der Waals surface area contributed by atoms with Gasteiger partial charge in [-0.25, -0.2) is 4.98 Å². The van der Waals surface area contributed by atoms with E-state index in [0.29, 0.717) is 6.54 Å². The van der Waals surface area contributed by atoms with E-state index in [4.69, 9.17) is 0 Å². The molecule has 2 aromatic heterocycles. The second kappa shape index (κ2) is 5.91. The summed E-state index contributed by atoms with van der Waals surface area (Å²) < 4.78 is 2.07. The maximum atomic E-state index is 10.1. The molecule has 4 nitrogen and oxygen atoms in total. The fourth-order valence-electron chi connectivity index (χ4n) is 2.79.